The summed E-state index contributed by atoms with van der Waals surface area (Å²) in [6.45, 7) is 6.66. The highest BCUT2D eigenvalue weighted by atomic mass is 16.2. The predicted molar refractivity (Wildman–Crippen MR) is 130 cm³/mol. The first-order chi connectivity index (χ1) is 16.0. The Labute approximate surface area is 195 Å². The summed E-state index contributed by atoms with van der Waals surface area (Å²) in [5, 5.41) is 0. The van der Waals surface area contributed by atoms with Crippen molar-refractivity contribution in [3.63, 3.8) is 0 Å². The van der Waals surface area contributed by atoms with Gasteiger partial charge in [-0.1, -0.05) is 42.7 Å². The average molecular weight is 445 g/mol. The van der Waals surface area contributed by atoms with Crippen molar-refractivity contribution in [1.82, 2.24) is 14.5 Å². The molecular formula is C27H32N4O2. The number of carbonyl (C=O) groups excluding carboxylic acids is 2. The number of para-hydroxylation sites is 2. The van der Waals surface area contributed by atoms with Gasteiger partial charge in [0.05, 0.1) is 11.0 Å². The number of hydrogen-bond donors (Lipinski definition) is 0. The van der Waals surface area contributed by atoms with E-state index < -0.39 is 0 Å². The zero-order valence-corrected chi connectivity index (χ0v) is 19.6. The van der Waals surface area contributed by atoms with Crippen LogP contribution in [0.15, 0.2) is 42.5 Å². The molecule has 0 bridgehead atoms. The largest absolute Gasteiger partial charge is 0.341 e. The molecule has 6 heteroatoms. The summed E-state index contributed by atoms with van der Waals surface area (Å²) in [6.07, 6.45) is 4.95. The summed E-state index contributed by atoms with van der Waals surface area (Å²) >= 11 is 0. The van der Waals surface area contributed by atoms with E-state index in [1.165, 1.54) is 18.4 Å². The fraction of sp³-hybridized carbons (Fsp3) is 0.444. The smallest absolute Gasteiger partial charge is 0.242 e. The summed E-state index contributed by atoms with van der Waals surface area (Å²) in [7, 11) is 0. The molecule has 1 aromatic heterocycles. The number of fused-ring (bicyclic) bond motifs is 1. The van der Waals surface area contributed by atoms with Gasteiger partial charge in [-0.05, 0) is 50.5 Å². The Balaban J connectivity index is 1.45. The topological polar surface area (TPSA) is 58.4 Å². The summed E-state index contributed by atoms with van der Waals surface area (Å²) in [5.41, 5.74) is 5.11. The lowest BCUT2D eigenvalue weighted by atomic mass is 10.1. The van der Waals surface area contributed by atoms with Gasteiger partial charge in [0, 0.05) is 37.7 Å². The van der Waals surface area contributed by atoms with Crippen LogP contribution in [0.1, 0.15) is 55.0 Å². The Morgan fingerprint density at radius 3 is 2.55 bits per heavy atom. The quantitative estimate of drug-likeness (QED) is 0.592. The van der Waals surface area contributed by atoms with E-state index in [4.69, 9.17) is 4.98 Å². The normalized spacial score (nSPS) is 19.3. The van der Waals surface area contributed by atoms with E-state index >= 15 is 0 Å². The Kier molecular flexibility index (Phi) is 5.92. The first-order valence-electron chi connectivity index (χ1n) is 12.1. The Morgan fingerprint density at radius 1 is 1.03 bits per heavy atom. The van der Waals surface area contributed by atoms with Gasteiger partial charge in [-0.15, -0.1) is 0 Å². The molecule has 0 saturated carbocycles. The molecule has 2 amide bonds. The fourth-order valence-electron chi connectivity index (χ4n) is 5.35. The average Bonchev–Trinajstić information content (AvgIpc) is 3.21. The van der Waals surface area contributed by atoms with Crippen molar-refractivity contribution in [3.05, 3.63) is 59.4 Å². The second-order valence-corrected chi connectivity index (χ2v) is 9.54. The van der Waals surface area contributed by atoms with Gasteiger partial charge in [-0.2, -0.15) is 0 Å². The highest BCUT2D eigenvalue weighted by Gasteiger charge is 2.35. The molecule has 5 rings (SSSR count). The van der Waals surface area contributed by atoms with Crippen LogP contribution in [0.4, 0.5) is 5.69 Å². The second kappa shape index (κ2) is 9.00. The molecule has 2 fully saturated rings. The van der Waals surface area contributed by atoms with Crippen LogP contribution < -0.4 is 4.90 Å². The minimum absolute atomic E-state index is 0.0393. The van der Waals surface area contributed by atoms with E-state index in [-0.39, 0.29) is 24.3 Å². The number of likely N-dealkylation sites (tertiary alicyclic amines) is 1. The molecule has 2 aliphatic heterocycles. The van der Waals surface area contributed by atoms with Gasteiger partial charge < -0.3 is 14.4 Å². The zero-order chi connectivity index (χ0) is 22.9. The Bertz CT molecular complexity index is 1190. The maximum Gasteiger partial charge on any atom is 0.242 e. The molecule has 6 nitrogen and oxygen atoms in total. The van der Waals surface area contributed by atoms with Gasteiger partial charge in [0.25, 0.3) is 0 Å². The lowest BCUT2D eigenvalue weighted by Gasteiger charge is -2.22. The minimum atomic E-state index is -0.0393. The number of amides is 2. The third-order valence-electron chi connectivity index (χ3n) is 7.07. The van der Waals surface area contributed by atoms with E-state index in [9.17, 15) is 9.59 Å². The number of rotatable bonds is 4. The standard InChI is InChI=1S/C27H32N4O2/c1-19-11-12-23(20(2)15-19)30-17-21(16-25(30)32)27-28-22-9-5-6-10-24(22)31(27)18-26(33)29-13-7-3-4-8-14-29/h5-6,9-12,15,21H,3-4,7-8,13-14,16-18H2,1-2H3. The van der Waals surface area contributed by atoms with Crippen LogP contribution >= 0.6 is 0 Å². The van der Waals surface area contributed by atoms with Gasteiger partial charge in [0.1, 0.15) is 12.4 Å². The predicted octanol–water partition coefficient (Wildman–Crippen LogP) is 4.58. The van der Waals surface area contributed by atoms with Crippen LogP contribution in [-0.4, -0.2) is 45.9 Å². The summed E-state index contributed by atoms with van der Waals surface area (Å²) < 4.78 is 2.06. The first-order valence-corrected chi connectivity index (χ1v) is 12.1. The molecule has 0 aliphatic carbocycles. The molecule has 0 spiro atoms. The van der Waals surface area contributed by atoms with Crippen LogP contribution in [0.3, 0.4) is 0 Å². The lowest BCUT2D eigenvalue weighted by molar-refractivity contribution is -0.131. The maximum absolute atomic E-state index is 13.3. The first kappa shape index (κ1) is 21.7. The van der Waals surface area contributed by atoms with Crippen LogP contribution in [0.25, 0.3) is 11.0 Å². The number of hydrogen-bond acceptors (Lipinski definition) is 3. The van der Waals surface area contributed by atoms with E-state index in [2.05, 4.69) is 30.5 Å². The highest BCUT2D eigenvalue weighted by Crippen LogP contribution is 2.34. The van der Waals surface area contributed by atoms with Crippen molar-refractivity contribution in [2.24, 2.45) is 0 Å². The molecule has 172 valence electrons. The van der Waals surface area contributed by atoms with Gasteiger partial charge in [-0.25, -0.2) is 4.98 Å². The minimum Gasteiger partial charge on any atom is -0.341 e. The number of imidazole rings is 1. The van der Waals surface area contributed by atoms with Crippen molar-refractivity contribution >= 4 is 28.5 Å². The SMILES string of the molecule is Cc1ccc(N2CC(c3nc4ccccc4n3CC(=O)N3CCCCCC3)CC2=O)c(C)c1. The molecular weight excluding hydrogens is 412 g/mol. The number of nitrogens with zero attached hydrogens (tertiary/aromatic N) is 4. The molecule has 3 aromatic rings. The summed E-state index contributed by atoms with van der Waals surface area (Å²) in [5.74, 6) is 1.07. The number of anilines is 1. The molecule has 33 heavy (non-hydrogen) atoms. The van der Waals surface area contributed by atoms with Gasteiger partial charge >= 0.3 is 0 Å². The number of aromatic nitrogens is 2. The monoisotopic (exact) mass is 444 g/mol. The molecule has 0 radical (unpaired) electrons. The van der Waals surface area contributed by atoms with Gasteiger partial charge in [0.15, 0.2) is 0 Å². The highest BCUT2D eigenvalue weighted by molar-refractivity contribution is 5.97. The van der Waals surface area contributed by atoms with Crippen molar-refractivity contribution < 1.29 is 9.59 Å². The van der Waals surface area contributed by atoms with Crippen molar-refractivity contribution in [1.29, 1.82) is 0 Å². The van der Waals surface area contributed by atoms with Gasteiger partial charge in [-0.3, -0.25) is 9.59 Å². The summed E-state index contributed by atoms with van der Waals surface area (Å²) in [4.78, 5) is 35.1. The number of benzene rings is 2. The number of aryl methyl sites for hydroxylation is 2. The van der Waals surface area contributed by atoms with Crippen LogP contribution in [0.5, 0.6) is 0 Å². The molecule has 1 unspecified atom stereocenters. The molecule has 1 atom stereocenters. The molecule has 2 aromatic carbocycles. The van der Waals surface area contributed by atoms with E-state index in [1.54, 1.807) is 0 Å². The summed E-state index contributed by atoms with van der Waals surface area (Å²) in [6, 6.07) is 14.2. The Hall–Kier alpha value is -3.15. The molecule has 2 saturated heterocycles. The molecule has 2 aliphatic rings. The fourth-order valence-corrected chi connectivity index (χ4v) is 5.35. The lowest BCUT2D eigenvalue weighted by Crippen LogP contribution is -2.35. The van der Waals surface area contributed by atoms with Crippen LogP contribution in [0.2, 0.25) is 0 Å². The third kappa shape index (κ3) is 4.26. The van der Waals surface area contributed by atoms with Gasteiger partial charge in [0.2, 0.25) is 11.8 Å². The third-order valence-corrected chi connectivity index (χ3v) is 7.07. The Morgan fingerprint density at radius 2 is 1.79 bits per heavy atom. The van der Waals surface area contributed by atoms with E-state index in [0.717, 1.165) is 54.0 Å². The van der Waals surface area contributed by atoms with Crippen molar-refractivity contribution in [3.8, 4) is 0 Å². The molecule has 0 N–H and O–H groups in total. The second-order valence-electron chi connectivity index (χ2n) is 9.54. The maximum atomic E-state index is 13.3. The van der Waals surface area contributed by atoms with Crippen LogP contribution in [-0.2, 0) is 16.1 Å². The molecule has 3 heterocycles. The zero-order valence-electron chi connectivity index (χ0n) is 19.6. The van der Waals surface area contributed by atoms with Crippen LogP contribution in [0, 0.1) is 13.8 Å². The van der Waals surface area contributed by atoms with Crippen molar-refractivity contribution in [2.75, 3.05) is 24.5 Å². The van der Waals surface area contributed by atoms with E-state index in [0.29, 0.717) is 13.0 Å². The van der Waals surface area contributed by atoms with Crippen molar-refractivity contribution in [2.45, 2.75) is 58.4 Å². The number of carbonyl (C=O) groups is 2. The van der Waals surface area contributed by atoms with E-state index in [1.807, 2.05) is 40.1 Å².